The normalized spacial score (nSPS) is 50.9. The van der Waals surface area contributed by atoms with Gasteiger partial charge in [-0.05, 0) is 68.2 Å². The van der Waals surface area contributed by atoms with Crippen molar-refractivity contribution in [3.05, 3.63) is 0 Å². The van der Waals surface area contributed by atoms with Gasteiger partial charge in [-0.2, -0.15) is 0 Å². The van der Waals surface area contributed by atoms with Crippen LogP contribution in [0.2, 0.25) is 0 Å². The van der Waals surface area contributed by atoms with Gasteiger partial charge in [-0.15, -0.1) is 0 Å². The van der Waals surface area contributed by atoms with Crippen LogP contribution in [0.15, 0.2) is 0 Å². The number of halogens is 1. The SMILES string of the molecule is COC1CCC(C2CNC3NCC(C4CCOC4)C3C2)CC1F. The van der Waals surface area contributed by atoms with Crippen molar-refractivity contribution in [1.82, 2.24) is 10.6 Å². The molecule has 4 aliphatic rings. The van der Waals surface area contributed by atoms with Gasteiger partial charge in [0.25, 0.3) is 0 Å². The lowest BCUT2D eigenvalue weighted by Crippen LogP contribution is -2.51. The van der Waals surface area contributed by atoms with Gasteiger partial charge in [0.2, 0.25) is 0 Å². The van der Waals surface area contributed by atoms with Gasteiger partial charge in [0.1, 0.15) is 6.17 Å². The zero-order chi connectivity index (χ0) is 15.8. The van der Waals surface area contributed by atoms with Crippen LogP contribution in [0.4, 0.5) is 4.39 Å². The smallest absolute Gasteiger partial charge is 0.126 e. The van der Waals surface area contributed by atoms with Crippen LogP contribution in [0.3, 0.4) is 0 Å². The molecule has 3 saturated heterocycles. The molecule has 0 aromatic rings. The van der Waals surface area contributed by atoms with Gasteiger partial charge >= 0.3 is 0 Å². The van der Waals surface area contributed by atoms with Crippen LogP contribution < -0.4 is 10.6 Å². The molecule has 4 rings (SSSR count). The predicted octanol–water partition coefficient (Wildman–Crippen LogP) is 1.95. The van der Waals surface area contributed by atoms with Crippen LogP contribution in [0.25, 0.3) is 0 Å². The number of hydrogen-bond donors (Lipinski definition) is 2. The molecule has 4 fully saturated rings. The van der Waals surface area contributed by atoms with Crippen LogP contribution >= 0.6 is 0 Å². The summed E-state index contributed by atoms with van der Waals surface area (Å²) < 4.78 is 25.2. The Kier molecular flexibility index (Phi) is 4.91. The first-order valence-electron chi connectivity index (χ1n) is 9.47. The minimum Gasteiger partial charge on any atom is -0.381 e. The summed E-state index contributed by atoms with van der Waals surface area (Å²) in [6, 6.07) is 0. The van der Waals surface area contributed by atoms with E-state index >= 15 is 0 Å². The maximum atomic E-state index is 14.3. The Morgan fingerprint density at radius 3 is 2.57 bits per heavy atom. The molecule has 0 aromatic carbocycles. The summed E-state index contributed by atoms with van der Waals surface area (Å²) in [5.41, 5.74) is 0. The molecule has 3 aliphatic heterocycles. The van der Waals surface area contributed by atoms with E-state index in [-0.39, 0.29) is 6.10 Å². The molecular weight excluding hydrogens is 295 g/mol. The molecule has 0 radical (unpaired) electrons. The number of ether oxygens (including phenoxy) is 2. The highest BCUT2D eigenvalue weighted by Crippen LogP contribution is 2.43. The second kappa shape index (κ2) is 6.95. The summed E-state index contributed by atoms with van der Waals surface area (Å²) in [5.74, 6) is 3.28. The first-order chi connectivity index (χ1) is 11.3. The third kappa shape index (κ3) is 3.17. The third-order valence-electron chi connectivity index (χ3n) is 7.02. The van der Waals surface area contributed by atoms with Gasteiger partial charge in [0.15, 0.2) is 0 Å². The van der Waals surface area contributed by atoms with Crippen molar-refractivity contribution in [1.29, 1.82) is 0 Å². The summed E-state index contributed by atoms with van der Waals surface area (Å²) in [7, 11) is 1.64. The van der Waals surface area contributed by atoms with Crippen LogP contribution in [0.5, 0.6) is 0 Å². The minimum atomic E-state index is -0.780. The van der Waals surface area contributed by atoms with Crippen LogP contribution in [-0.2, 0) is 9.47 Å². The van der Waals surface area contributed by atoms with E-state index in [9.17, 15) is 4.39 Å². The first-order valence-corrected chi connectivity index (χ1v) is 9.47. The number of methoxy groups -OCH3 is 1. The first kappa shape index (κ1) is 16.2. The molecule has 3 heterocycles. The fourth-order valence-electron chi connectivity index (χ4n) is 5.64. The number of hydrogen-bond acceptors (Lipinski definition) is 4. The predicted molar refractivity (Wildman–Crippen MR) is 86.8 cm³/mol. The molecule has 4 nitrogen and oxygen atoms in total. The molecular formula is C18H31FN2O2. The highest BCUT2D eigenvalue weighted by Gasteiger charge is 2.46. The van der Waals surface area contributed by atoms with Gasteiger partial charge in [-0.25, -0.2) is 4.39 Å². The van der Waals surface area contributed by atoms with Gasteiger partial charge in [-0.3, -0.25) is 0 Å². The van der Waals surface area contributed by atoms with Crippen molar-refractivity contribution in [3.63, 3.8) is 0 Å². The Bertz CT molecular complexity index is 404. The molecule has 8 atom stereocenters. The van der Waals surface area contributed by atoms with E-state index in [1.807, 2.05) is 0 Å². The average molecular weight is 326 g/mol. The maximum absolute atomic E-state index is 14.3. The molecule has 5 heteroatoms. The number of nitrogens with one attached hydrogen (secondary N) is 2. The maximum Gasteiger partial charge on any atom is 0.126 e. The second-order valence-electron chi connectivity index (χ2n) is 8.10. The monoisotopic (exact) mass is 326 g/mol. The molecule has 2 N–H and O–H groups in total. The Morgan fingerprint density at radius 2 is 1.83 bits per heavy atom. The number of fused-ring (bicyclic) bond motifs is 1. The second-order valence-corrected chi connectivity index (χ2v) is 8.10. The fourth-order valence-corrected chi connectivity index (χ4v) is 5.64. The quantitative estimate of drug-likeness (QED) is 0.832. The average Bonchev–Trinajstić information content (AvgIpc) is 3.23. The van der Waals surface area contributed by atoms with E-state index in [0.29, 0.717) is 30.3 Å². The molecule has 0 spiro atoms. The topological polar surface area (TPSA) is 42.5 Å². The lowest BCUT2D eigenvalue weighted by atomic mass is 9.69. The zero-order valence-corrected chi connectivity index (χ0v) is 14.2. The van der Waals surface area contributed by atoms with E-state index in [0.717, 1.165) is 51.0 Å². The van der Waals surface area contributed by atoms with E-state index in [2.05, 4.69) is 10.6 Å². The Balaban J connectivity index is 1.38. The third-order valence-corrected chi connectivity index (χ3v) is 7.02. The van der Waals surface area contributed by atoms with Crippen molar-refractivity contribution in [2.45, 2.75) is 50.5 Å². The van der Waals surface area contributed by atoms with Crippen molar-refractivity contribution in [2.24, 2.45) is 29.6 Å². The molecule has 8 unspecified atom stereocenters. The largest absolute Gasteiger partial charge is 0.381 e. The van der Waals surface area contributed by atoms with E-state index in [4.69, 9.17) is 9.47 Å². The fraction of sp³-hybridized carbons (Fsp3) is 1.00. The molecule has 132 valence electrons. The van der Waals surface area contributed by atoms with Gasteiger partial charge in [-0.1, -0.05) is 0 Å². The highest BCUT2D eigenvalue weighted by molar-refractivity contribution is 4.99. The van der Waals surface area contributed by atoms with Crippen molar-refractivity contribution < 1.29 is 13.9 Å². The van der Waals surface area contributed by atoms with E-state index in [1.54, 1.807) is 7.11 Å². The summed E-state index contributed by atoms with van der Waals surface area (Å²) in [4.78, 5) is 0. The summed E-state index contributed by atoms with van der Waals surface area (Å²) in [5, 5.41) is 7.39. The van der Waals surface area contributed by atoms with Crippen molar-refractivity contribution in [3.8, 4) is 0 Å². The number of piperidine rings is 1. The Morgan fingerprint density at radius 1 is 0.957 bits per heavy atom. The van der Waals surface area contributed by atoms with Crippen LogP contribution in [0, 0.1) is 29.6 Å². The van der Waals surface area contributed by atoms with Crippen molar-refractivity contribution in [2.75, 3.05) is 33.4 Å². The van der Waals surface area contributed by atoms with Gasteiger partial charge < -0.3 is 20.1 Å². The molecule has 0 aromatic heterocycles. The molecule has 0 amide bonds. The Labute approximate surface area is 138 Å². The van der Waals surface area contributed by atoms with Gasteiger partial charge in [0.05, 0.1) is 12.3 Å². The zero-order valence-electron chi connectivity index (χ0n) is 14.2. The highest BCUT2D eigenvalue weighted by atomic mass is 19.1. The molecule has 1 aliphatic carbocycles. The minimum absolute atomic E-state index is 0.174. The molecule has 0 bridgehead atoms. The van der Waals surface area contributed by atoms with E-state index < -0.39 is 6.17 Å². The standard InChI is InChI=1S/C18H31FN2O2/c1-22-17-3-2-11(7-16(17)19)13-6-14-15(12-4-5-23-10-12)9-21-18(14)20-8-13/h11-18,20-21H,2-10H2,1H3. The van der Waals surface area contributed by atoms with Crippen LogP contribution in [0.1, 0.15) is 32.1 Å². The number of alkyl halides is 1. The summed E-state index contributed by atoms with van der Waals surface area (Å²) in [6.07, 6.45) is 4.66. The summed E-state index contributed by atoms with van der Waals surface area (Å²) >= 11 is 0. The molecule has 1 saturated carbocycles. The number of rotatable bonds is 3. The molecule has 23 heavy (non-hydrogen) atoms. The van der Waals surface area contributed by atoms with Gasteiger partial charge in [0, 0.05) is 26.9 Å². The lowest BCUT2D eigenvalue weighted by Gasteiger charge is -2.42. The Hall–Kier alpha value is -0.230. The van der Waals surface area contributed by atoms with Crippen molar-refractivity contribution >= 4 is 0 Å². The van der Waals surface area contributed by atoms with E-state index in [1.165, 1.54) is 12.8 Å². The summed E-state index contributed by atoms with van der Waals surface area (Å²) in [6.45, 7) is 4.02. The lowest BCUT2D eigenvalue weighted by molar-refractivity contribution is -0.0243. The van der Waals surface area contributed by atoms with Crippen LogP contribution in [-0.4, -0.2) is 51.9 Å².